The molecule has 2 rings (SSSR count). The predicted octanol–water partition coefficient (Wildman–Crippen LogP) is 3.88. The van der Waals surface area contributed by atoms with Crippen molar-refractivity contribution in [3.8, 4) is 0 Å². The minimum absolute atomic E-state index is 0.0844. The molecule has 0 saturated carbocycles. The molecule has 1 atom stereocenters. The monoisotopic (exact) mass is 409 g/mol. The molecular formula is C17H13Cl2N3O5. The third kappa shape index (κ3) is 6.05. The Balaban J connectivity index is 1.95. The maximum Gasteiger partial charge on any atom is 0.331 e. The van der Waals surface area contributed by atoms with Gasteiger partial charge in [0.05, 0.1) is 15.0 Å². The van der Waals surface area contributed by atoms with Crippen molar-refractivity contribution < 1.29 is 19.2 Å². The second kappa shape index (κ2) is 9.11. The van der Waals surface area contributed by atoms with Gasteiger partial charge in [-0.3, -0.25) is 14.9 Å². The van der Waals surface area contributed by atoms with Gasteiger partial charge in [-0.2, -0.15) is 0 Å². The highest BCUT2D eigenvalue weighted by atomic mass is 35.5. The molecule has 0 saturated heterocycles. The van der Waals surface area contributed by atoms with Crippen molar-refractivity contribution in [2.24, 2.45) is 0 Å². The first-order valence-corrected chi connectivity index (χ1v) is 8.27. The van der Waals surface area contributed by atoms with Crippen LogP contribution in [0.5, 0.6) is 0 Å². The molecule has 1 aromatic heterocycles. The van der Waals surface area contributed by atoms with E-state index in [-0.39, 0.29) is 16.5 Å². The van der Waals surface area contributed by atoms with Crippen molar-refractivity contribution in [3.05, 3.63) is 68.3 Å². The summed E-state index contributed by atoms with van der Waals surface area (Å²) in [5.41, 5.74) is 0.334. The number of nitro groups is 1. The largest absolute Gasteiger partial charge is 0.449 e. The Kier molecular flexibility index (Phi) is 6.86. The fraction of sp³-hybridized carbons (Fsp3) is 0.118. The quantitative estimate of drug-likeness (QED) is 0.335. The van der Waals surface area contributed by atoms with Crippen LogP contribution in [-0.4, -0.2) is 27.9 Å². The number of hydrogen-bond donors (Lipinski definition) is 1. The van der Waals surface area contributed by atoms with Crippen LogP contribution in [0.2, 0.25) is 10.0 Å². The molecule has 10 heteroatoms. The van der Waals surface area contributed by atoms with Gasteiger partial charge >= 0.3 is 5.97 Å². The van der Waals surface area contributed by atoms with Crippen molar-refractivity contribution in [2.45, 2.75) is 13.0 Å². The van der Waals surface area contributed by atoms with E-state index >= 15 is 0 Å². The Bertz CT molecular complexity index is 917. The summed E-state index contributed by atoms with van der Waals surface area (Å²) in [6.45, 7) is 1.37. The van der Waals surface area contributed by atoms with Gasteiger partial charge in [0.1, 0.15) is 0 Å². The molecule has 0 bridgehead atoms. The zero-order valence-corrected chi connectivity index (χ0v) is 15.4. The van der Waals surface area contributed by atoms with Gasteiger partial charge in [0.15, 0.2) is 11.9 Å². The van der Waals surface area contributed by atoms with Crippen molar-refractivity contribution in [1.29, 1.82) is 0 Å². The molecule has 8 nitrogen and oxygen atoms in total. The lowest BCUT2D eigenvalue weighted by molar-refractivity contribution is -0.384. The third-order valence-electron chi connectivity index (χ3n) is 3.20. The van der Waals surface area contributed by atoms with Crippen LogP contribution < -0.4 is 5.32 Å². The summed E-state index contributed by atoms with van der Waals surface area (Å²) in [5, 5.41) is 13.6. The minimum Gasteiger partial charge on any atom is -0.449 e. The van der Waals surface area contributed by atoms with Crippen LogP contribution in [0.3, 0.4) is 0 Å². The average Bonchev–Trinajstić information content (AvgIpc) is 2.62. The summed E-state index contributed by atoms with van der Waals surface area (Å²) in [7, 11) is 0. The molecule has 1 amide bonds. The number of amides is 1. The van der Waals surface area contributed by atoms with Crippen LogP contribution in [0, 0.1) is 10.1 Å². The van der Waals surface area contributed by atoms with Crippen LogP contribution in [0.1, 0.15) is 12.5 Å². The lowest BCUT2D eigenvalue weighted by Crippen LogP contribution is -2.29. The third-order valence-corrected chi connectivity index (χ3v) is 3.70. The van der Waals surface area contributed by atoms with Gasteiger partial charge in [0.25, 0.3) is 11.6 Å². The summed E-state index contributed by atoms with van der Waals surface area (Å²) in [6.07, 6.45) is 2.59. The van der Waals surface area contributed by atoms with Gasteiger partial charge in [0.2, 0.25) is 0 Å². The molecule has 1 heterocycles. The fourth-order valence-corrected chi connectivity index (χ4v) is 2.33. The smallest absolute Gasteiger partial charge is 0.331 e. The zero-order valence-electron chi connectivity index (χ0n) is 13.9. The van der Waals surface area contributed by atoms with E-state index in [0.29, 0.717) is 10.6 Å². The number of aromatic nitrogens is 1. The van der Waals surface area contributed by atoms with Crippen LogP contribution >= 0.6 is 23.2 Å². The molecule has 1 N–H and O–H groups in total. The fourth-order valence-electron chi connectivity index (χ4n) is 1.90. The number of carbonyl (C=O) groups excluding carboxylic acids is 2. The molecule has 2 aromatic rings. The number of benzene rings is 1. The maximum atomic E-state index is 12.1. The Morgan fingerprint density at radius 3 is 2.74 bits per heavy atom. The summed E-state index contributed by atoms with van der Waals surface area (Å²) in [5.74, 6) is -1.34. The molecule has 0 radical (unpaired) electrons. The number of rotatable bonds is 6. The van der Waals surface area contributed by atoms with Crippen LogP contribution in [0.15, 0.2) is 42.6 Å². The number of pyridine rings is 1. The van der Waals surface area contributed by atoms with Gasteiger partial charge in [0, 0.05) is 24.4 Å². The van der Waals surface area contributed by atoms with E-state index in [1.165, 1.54) is 43.5 Å². The Morgan fingerprint density at radius 1 is 1.33 bits per heavy atom. The summed E-state index contributed by atoms with van der Waals surface area (Å²) in [4.78, 5) is 37.9. The minimum atomic E-state index is -1.12. The Morgan fingerprint density at radius 2 is 2.07 bits per heavy atom. The highest BCUT2D eigenvalue weighted by Gasteiger charge is 2.18. The van der Waals surface area contributed by atoms with Gasteiger partial charge in [-0.1, -0.05) is 35.3 Å². The topological polar surface area (TPSA) is 111 Å². The Labute approximate surface area is 163 Å². The second-order valence-corrected chi connectivity index (χ2v) is 6.08. The SMILES string of the molecule is C[C@H](OC(=O)/C=C/c1cccc([N+](=O)[O-])c1)C(=O)Nc1ncc(Cl)cc1Cl. The molecule has 0 spiro atoms. The molecule has 1 aromatic carbocycles. The van der Waals surface area contributed by atoms with E-state index < -0.39 is 22.9 Å². The van der Waals surface area contributed by atoms with Crippen LogP contribution in [0.25, 0.3) is 6.08 Å². The molecule has 0 aliphatic heterocycles. The van der Waals surface area contributed by atoms with Gasteiger partial charge in [-0.05, 0) is 24.6 Å². The van der Waals surface area contributed by atoms with Crippen LogP contribution in [-0.2, 0) is 14.3 Å². The first-order chi connectivity index (χ1) is 12.8. The number of halogens is 2. The highest BCUT2D eigenvalue weighted by molar-refractivity contribution is 6.36. The van der Waals surface area contributed by atoms with E-state index in [9.17, 15) is 19.7 Å². The molecular weight excluding hydrogens is 397 g/mol. The van der Waals surface area contributed by atoms with Crippen molar-refractivity contribution in [3.63, 3.8) is 0 Å². The van der Waals surface area contributed by atoms with Crippen LogP contribution in [0.4, 0.5) is 11.5 Å². The number of anilines is 1. The number of hydrogen-bond acceptors (Lipinski definition) is 6. The van der Waals surface area contributed by atoms with Gasteiger partial charge < -0.3 is 10.1 Å². The van der Waals surface area contributed by atoms with Gasteiger partial charge in [-0.15, -0.1) is 0 Å². The lowest BCUT2D eigenvalue weighted by atomic mass is 10.2. The summed E-state index contributed by atoms with van der Waals surface area (Å²) in [6, 6.07) is 7.11. The summed E-state index contributed by atoms with van der Waals surface area (Å²) < 4.78 is 4.98. The van der Waals surface area contributed by atoms with E-state index in [1.54, 1.807) is 6.07 Å². The molecule has 0 unspecified atom stereocenters. The number of nitrogens with zero attached hydrogens (tertiary/aromatic N) is 2. The number of carbonyl (C=O) groups is 2. The summed E-state index contributed by atoms with van der Waals surface area (Å²) >= 11 is 11.6. The molecule has 0 fully saturated rings. The second-order valence-electron chi connectivity index (χ2n) is 5.24. The highest BCUT2D eigenvalue weighted by Crippen LogP contribution is 2.22. The molecule has 0 aliphatic rings. The number of nitrogens with one attached hydrogen (secondary N) is 1. The van der Waals surface area contributed by atoms with E-state index in [0.717, 1.165) is 6.08 Å². The van der Waals surface area contributed by atoms with Gasteiger partial charge in [-0.25, -0.2) is 9.78 Å². The lowest BCUT2D eigenvalue weighted by Gasteiger charge is -2.12. The van der Waals surface area contributed by atoms with Crippen molar-refractivity contribution in [1.82, 2.24) is 4.98 Å². The number of nitro benzene ring substituents is 1. The number of non-ortho nitro benzene ring substituents is 1. The molecule has 140 valence electrons. The number of ether oxygens (including phenoxy) is 1. The maximum absolute atomic E-state index is 12.1. The van der Waals surface area contributed by atoms with E-state index in [4.69, 9.17) is 27.9 Å². The molecule has 27 heavy (non-hydrogen) atoms. The zero-order chi connectivity index (χ0) is 20.0. The van der Waals surface area contributed by atoms with E-state index in [2.05, 4.69) is 10.3 Å². The Hall–Kier alpha value is -2.97. The normalized spacial score (nSPS) is 11.8. The van der Waals surface area contributed by atoms with Crippen molar-refractivity contribution >= 4 is 52.7 Å². The standard InChI is InChI=1S/C17H13Cl2N3O5/c1-10(17(24)21-16-14(19)8-12(18)9-20-16)27-15(23)6-5-11-3-2-4-13(7-11)22(25)26/h2-10H,1H3,(H,20,21,24)/b6-5+/t10-/m0/s1. The van der Waals surface area contributed by atoms with Crippen molar-refractivity contribution in [2.75, 3.05) is 5.32 Å². The first kappa shape index (κ1) is 20.3. The molecule has 0 aliphatic carbocycles. The number of esters is 1. The van der Waals surface area contributed by atoms with E-state index in [1.807, 2.05) is 0 Å². The predicted molar refractivity (Wildman–Crippen MR) is 101 cm³/mol. The average molecular weight is 410 g/mol. The first-order valence-electron chi connectivity index (χ1n) is 7.51.